The summed E-state index contributed by atoms with van der Waals surface area (Å²) < 4.78 is 5.51. The zero-order valence-electron chi connectivity index (χ0n) is 18.3. The first kappa shape index (κ1) is 22.5. The summed E-state index contributed by atoms with van der Waals surface area (Å²) in [5, 5.41) is 1.49. The highest BCUT2D eigenvalue weighted by molar-refractivity contribution is 5.70. The van der Waals surface area contributed by atoms with Crippen LogP contribution in [0.25, 0.3) is 17.8 Å². The first-order valence-corrected chi connectivity index (χ1v) is 10.2. The second-order valence-corrected chi connectivity index (χ2v) is 8.12. The topological polar surface area (TPSA) is 68.5 Å². The smallest absolute Gasteiger partial charge is 0.410 e. The Balaban J connectivity index is 2.31. The van der Waals surface area contributed by atoms with E-state index >= 15 is 0 Å². The van der Waals surface area contributed by atoms with Crippen molar-refractivity contribution in [1.29, 1.82) is 0 Å². The van der Waals surface area contributed by atoms with Crippen molar-refractivity contribution in [1.82, 2.24) is 9.88 Å². The predicted molar refractivity (Wildman–Crippen MR) is 119 cm³/mol. The first-order chi connectivity index (χ1) is 13.7. The Morgan fingerprint density at radius 1 is 1.38 bits per heavy atom. The zero-order chi connectivity index (χ0) is 21.6. The van der Waals surface area contributed by atoms with E-state index in [0.29, 0.717) is 30.6 Å². The van der Waals surface area contributed by atoms with Gasteiger partial charge < -0.3 is 15.4 Å². The molecule has 0 saturated carbocycles. The molecule has 2 rings (SSSR count). The summed E-state index contributed by atoms with van der Waals surface area (Å²) in [6.07, 6.45) is 5.99. The van der Waals surface area contributed by atoms with Crippen LogP contribution in [-0.2, 0) is 4.74 Å². The number of carbonyl (C=O) groups is 1. The maximum atomic E-state index is 12.4. The molecule has 1 aliphatic rings. The van der Waals surface area contributed by atoms with Gasteiger partial charge in [-0.25, -0.2) is 9.78 Å². The highest BCUT2D eigenvalue weighted by atomic mass is 16.6. The molecule has 1 aromatic rings. The molecular formula is C24H33N3O2. The Morgan fingerprint density at radius 2 is 2.10 bits per heavy atom. The molecule has 5 heteroatoms. The first-order valence-electron chi connectivity index (χ1n) is 10.2. The Bertz CT molecular complexity index is 961. The fourth-order valence-electron chi connectivity index (χ4n) is 3.19. The Morgan fingerprint density at radius 3 is 2.72 bits per heavy atom. The van der Waals surface area contributed by atoms with Gasteiger partial charge >= 0.3 is 6.09 Å². The van der Waals surface area contributed by atoms with Gasteiger partial charge in [-0.3, -0.25) is 0 Å². The number of rotatable bonds is 3. The fourth-order valence-corrected chi connectivity index (χ4v) is 3.19. The van der Waals surface area contributed by atoms with Crippen LogP contribution in [0.3, 0.4) is 0 Å². The molecule has 2 heterocycles. The van der Waals surface area contributed by atoms with E-state index in [9.17, 15) is 4.79 Å². The highest BCUT2D eigenvalue weighted by Crippen LogP contribution is 2.21. The van der Waals surface area contributed by atoms with Crippen LogP contribution in [0, 0.1) is 0 Å². The van der Waals surface area contributed by atoms with Crippen molar-refractivity contribution in [3.8, 4) is 0 Å². The summed E-state index contributed by atoms with van der Waals surface area (Å²) in [4.78, 5) is 19.0. The number of nitrogens with zero attached hydrogens (tertiary/aromatic N) is 2. The third-order valence-electron chi connectivity index (χ3n) is 4.65. The maximum absolute atomic E-state index is 12.4. The average Bonchev–Trinajstić information content (AvgIpc) is 2.91. The number of ether oxygens (including phenoxy) is 1. The molecule has 0 radical (unpaired) electrons. The molecule has 1 aromatic heterocycles. The van der Waals surface area contributed by atoms with E-state index < -0.39 is 5.60 Å². The molecular weight excluding hydrogens is 362 g/mol. The Labute approximate surface area is 174 Å². The summed E-state index contributed by atoms with van der Waals surface area (Å²) in [7, 11) is 0. The number of aromatic nitrogens is 1. The van der Waals surface area contributed by atoms with E-state index in [1.54, 1.807) is 4.90 Å². The predicted octanol–water partition coefficient (Wildman–Crippen LogP) is 3.48. The monoisotopic (exact) mass is 395 g/mol. The molecule has 5 nitrogen and oxygen atoms in total. The SMILES string of the molecule is C=c1ccc(C2=CCCN(C(=O)OC(C)(C)C)CC2)n/c1=C(\N)C(=C=CC)CC. The van der Waals surface area contributed by atoms with Crippen LogP contribution in [0.4, 0.5) is 4.79 Å². The third kappa shape index (κ3) is 6.10. The normalized spacial score (nSPS) is 15.6. The van der Waals surface area contributed by atoms with Crippen molar-refractivity contribution in [3.05, 3.63) is 51.9 Å². The lowest BCUT2D eigenvalue weighted by Crippen LogP contribution is -2.37. The Kier molecular flexibility index (Phi) is 7.46. The molecule has 156 valence electrons. The van der Waals surface area contributed by atoms with Gasteiger partial charge in [0.15, 0.2) is 0 Å². The summed E-state index contributed by atoms with van der Waals surface area (Å²) in [6, 6.07) is 3.92. The van der Waals surface area contributed by atoms with Crippen LogP contribution in [0.2, 0.25) is 0 Å². The van der Waals surface area contributed by atoms with Crippen LogP contribution in [-0.4, -0.2) is 34.7 Å². The van der Waals surface area contributed by atoms with E-state index in [1.807, 2.05) is 52.8 Å². The lowest BCUT2D eigenvalue weighted by Gasteiger charge is -2.26. The lowest BCUT2D eigenvalue weighted by atomic mass is 10.1. The third-order valence-corrected chi connectivity index (χ3v) is 4.65. The van der Waals surface area contributed by atoms with Gasteiger partial charge in [0.25, 0.3) is 0 Å². The number of nitrogens with two attached hydrogens (primary N) is 1. The molecule has 0 spiro atoms. The molecule has 1 amide bonds. The molecule has 0 atom stereocenters. The van der Waals surface area contributed by atoms with Gasteiger partial charge in [0.1, 0.15) is 5.60 Å². The molecule has 0 saturated heterocycles. The highest BCUT2D eigenvalue weighted by Gasteiger charge is 2.23. The van der Waals surface area contributed by atoms with Crippen LogP contribution < -0.4 is 16.3 Å². The van der Waals surface area contributed by atoms with Crippen LogP contribution in [0.15, 0.2) is 35.6 Å². The molecule has 1 aliphatic heterocycles. The van der Waals surface area contributed by atoms with Crippen molar-refractivity contribution in [3.63, 3.8) is 0 Å². The van der Waals surface area contributed by atoms with Crippen LogP contribution in [0.1, 0.15) is 59.6 Å². The van der Waals surface area contributed by atoms with E-state index in [0.717, 1.165) is 34.9 Å². The Hall–Kier alpha value is -2.78. The molecule has 0 unspecified atom stereocenters. The van der Waals surface area contributed by atoms with Crippen LogP contribution >= 0.6 is 0 Å². The molecule has 29 heavy (non-hydrogen) atoms. The van der Waals surface area contributed by atoms with Crippen molar-refractivity contribution in [2.75, 3.05) is 13.1 Å². The second-order valence-electron chi connectivity index (χ2n) is 8.12. The minimum Gasteiger partial charge on any atom is -0.444 e. The largest absolute Gasteiger partial charge is 0.444 e. The van der Waals surface area contributed by atoms with E-state index in [2.05, 4.69) is 18.4 Å². The van der Waals surface area contributed by atoms with Gasteiger partial charge in [-0.05, 0) is 69.9 Å². The second kappa shape index (κ2) is 9.62. The fraction of sp³-hybridized carbons (Fsp3) is 0.458. The average molecular weight is 396 g/mol. The maximum Gasteiger partial charge on any atom is 0.410 e. The molecule has 2 N–H and O–H groups in total. The summed E-state index contributed by atoms with van der Waals surface area (Å²) in [5.74, 6) is 0. The number of hydrogen-bond acceptors (Lipinski definition) is 4. The summed E-state index contributed by atoms with van der Waals surface area (Å²) >= 11 is 0. The van der Waals surface area contributed by atoms with Gasteiger partial charge in [0.05, 0.1) is 16.7 Å². The van der Waals surface area contributed by atoms with E-state index in [4.69, 9.17) is 15.5 Å². The number of pyridine rings is 1. The van der Waals surface area contributed by atoms with Gasteiger partial charge in [0.2, 0.25) is 0 Å². The minimum absolute atomic E-state index is 0.268. The van der Waals surface area contributed by atoms with Gasteiger partial charge in [-0.15, -0.1) is 5.73 Å². The molecule has 0 fully saturated rings. The van der Waals surface area contributed by atoms with E-state index in [-0.39, 0.29) is 6.09 Å². The molecule has 0 aromatic carbocycles. The number of hydrogen-bond donors (Lipinski definition) is 1. The number of carbonyl (C=O) groups excluding carboxylic acids is 1. The van der Waals surface area contributed by atoms with Gasteiger partial charge in [0, 0.05) is 18.7 Å². The van der Waals surface area contributed by atoms with Crippen molar-refractivity contribution in [2.24, 2.45) is 5.73 Å². The minimum atomic E-state index is -0.495. The van der Waals surface area contributed by atoms with Gasteiger partial charge in [-0.2, -0.15) is 0 Å². The standard InChI is InChI=1S/C24H33N3O2/c1-7-10-18(8-2)21(25)22-17(3)12-13-20(26-22)19-11-9-15-27(16-14-19)23(28)29-24(4,5)6/h7,11-13H,3,8-9,14-16,25H2,1-2,4-6H3/b22-21-. The summed E-state index contributed by atoms with van der Waals surface area (Å²) in [5.41, 5.74) is 12.6. The summed E-state index contributed by atoms with van der Waals surface area (Å²) in [6.45, 7) is 14.9. The number of amides is 1. The molecule has 0 aliphatic carbocycles. The van der Waals surface area contributed by atoms with Crippen molar-refractivity contribution >= 4 is 23.9 Å². The van der Waals surface area contributed by atoms with Crippen LogP contribution in [0.5, 0.6) is 0 Å². The van der Waals surface area contributed by atoms with Gasteiger partial charge in [-0.1, -0.05) is 25.6 Å². The lowest BCUT2D eigenvalue weighted by molar-refractivity contribution is 0.0260. The van der Waals surface area contributed by atoms with Crippen molar-refractivity contribution < 1.29 is 9.53 Å². The quantitative estimate of drug-likeness (QED) is 0.796. The van der Waals surface area contributed by atoms with Crippen molar-refractivity contribution in [2.45, 2.75) is 59.5 Å². The zero-order valence-corrected chi connectivity index (χ0v) is 18.3. The van der Waals surface area contributed by atoms with E-state index in [1.165, 1.54) is 0 Å². The molecule has 0 bridgehead atoms.